The summed E-state index contributed by atoms with van der Waals surface area (Å²) in [6.07, 6.45) is 3.56. The lowest BCUT2D eigenvalue weighted by Gasteiger charge is -1.97. The number of phenolic OH excluding ortho intramolecular Hbond substituents is 1. The molecule has 110 valence electrons. The average Bonchev–Trinajstić information content (AvgIpc) is 2.88. The number of hydrogen-bond acceptors (Lipinski definition) is 5. The summed E-state index contributed by atoms with van der Waals surface area (Å²) in [7, 11) is 0. The van der Waals surface area contributed by atoms with Crippen molar-refractivity contribution in [3.8, 4) is 5.75 Å². The van der Waals surface area contributed by atoms with Crippen LogP contribution in [-0.2, 0) is 0 Å². The van der Waals surface area contributed by atoms with Crippen LogP contribution < -0.4 is 0 Å². The van der Waals surface area contributed by atoms with Crippen molar-refractivity contribution in [3.05, 3.63) is 62.6 Å². The Kier molecular flexibility index (Phi) is 3.60. The summed E-state index contributed by atoms with van der Waals surface area (Å²) in [6.45, 7) is 2.02. The normalized spacial score (nSPS) is 11.3. The Morgan fingerprint density at radius 3 is 2.82 bits per heavy atom. The van der Waals surface area contributed by atoms with Gasteiger partial charge in [-0.3, -0.25) is 10.1 Å². The van der Waals surface area contributed by atoms with Crippen LogP contribution in [0.4, 0.5) is 5.69 Å². The first kappa shape index (κ1) is 14.2. The summed E-state index contributed by atoms with van der Waals surface area (Å²) in [5, 5.41) is 21.1. The number of nitro groups is 1. The Bertz CT molecular complexity index is 900. The van der Waals surface area contributed by atoms with Crippen LogP contribution in [0.3, 0.4) is 0 Å². The molecule has 0 fully saturated rings. The van der Waals surface area contributed by atoms with E-state index in [1.165, 1.54) is 12.1 Å². The molecule has 0 saturated carbocycles. The molecule has 0 spiro atoms. The van der Waals surface area contributed by atoms with E-state index in [0.717, 1.165) is 20.8 Å². The minimum atomic E-state index is -0.604. The third-order valence-electron chi connectivity index (χ3n) is 3.17. The quantitative estimate of drug-likeness (QED) is 0.575. The third kappa shape index (κ3) is 2.82. The number of hydrogen-bond donors (Lipinski definition) is 1. The highest BCUT2D eigenvalue weighted by molar-refractivity contribution is 7.19. The molecule has 5 nitrogen and oxygen atoms in total. The van der Waals surface area contributed by atoms with Gasteiger partial charge in [0.15, 0.2) is 5.75 Å². The largest absolute Gasteiger partial charge is 0.502 e. The van der Waals surface area contributed by atoms with Crippen LogP contribution in [0.25, 0.3) is 22.4 Å². The van der Waals surface area contributed by atoms with Crippen LogP contribution in [0, 0.1) is 17.0 Å². The van der Waals surface area contributed by atoms with E-state index in [1.54, 1.807) is 23.5 Å². The van der Waals surface area contributed by atoms with Gasteiger partial charge in [0.05, 0.1) is 15.1 Å². The molecule has 3 aromatic rings. The number of nitrogens with zero attached hydrogens (tertiary/aromatic N) is 2. The second-order valence-electron chi connectivity index (χ2n) is 4.86. The smallest absolute Gasteiger partial charge is 0.311 e. The van der Waals surface area contributed by atoms with Crippen molar-refractivity contribution in [2.45, 2.75) is 6.92 Å². The maximum absolute atomic E-state index is 10.8. The van der Waals surface area contributed by atoms with Crippen molar-refractivity contribution in [2.24, 2.45) is 0 Å². The predicted octanol–water partition coefficient (Wildman–Crippen LogP) is 4.39. The molecule has 1 heterocycles. The fourth-order valence-electron chi connectivity index (χ4n) is 2.08. The van der Waals surface area contributed by atoms with E-state index in [0.29, 0.717) is 5.56 Å². The number of fused-ring (bicyclic) bond motifs is 1. The molecule has 0 aliphatic heterocycles. The van der Waals surface area contributed by atoms with Crippen LogP contribution in [0.15, 0.2) is 36.4 Å². The van der Waals surface area contributed by atoms with Gasteiger partial charge in [-0.2, -0.15) is 0 Å². The van der Waals surface area contributed by atoms with Gasteiger partial charge in [-0.25, -0.2) is 4.98 Å². The molecule has 3 rings (SSSR count). The van der Waals surface area contributed by atoms with Gasteiger partial charge >= 0.3 is 5.69 Å². The van der Waals surface area contributed by atoms with Crippen molar-refractivity contribution >= 4 is 39.4 Å². The highest BCUT2D eigenvalue weighted by Gasteiger charge is 2.12. The van der Waals surface area contributed by atoms with Crippen LogP contribution in [-0.4, -0.2) is 15.0 Å². The Morgan fingerprint density at radius 2 is 2.05 bits per heavy atom. The van der Waals surface area contributed by atoms with Gasteiger partial charge in [-0.1, -0.05) is 18.2 Å². The molecule has 0 radical (unpaired) electrons. The van der Waals surface area contributed by atoms with E-state index in [-0.39, 0.29) is 11.4 Å². The van der Waals surface area contributed by atoms with E-state index in [4.69, 9.17) is 0 Å². The van der Waals surface area contributed by atoms with Crippen molar-refractivity contribution in [2.75, 3.05) is 0 Å². The number of aromatic hydroxyl groups is 1. The van der Waals surface area contributed by atoms with E-state index in [9.17, 15) is 15.2 Å². The fourth-order valence-corrected chi connectivity index (χ4v) is 2.94. The number of rotatable bonds is 3. The molecule has 0 aliphatic rings. The molecule has 0 bridgehead atoms. The highest BCUT2D eigenvalue weighted by Crippen LogP contribution is 2.28. The number of phenols is 1. The zero-order valence-electron chi connectivity index (χ0n) is 11.7. The van der Waals surface area contributed by atoms with Crippen LogP contribution in [0.5, 0.6) is 5.75 Å². The molecule has 22 heavy (non-hydrogen) atoms. The van der Waals surface area contributed by atoms with E-state index in [1.807, 2.05) is 31.2 Å². The maximum Gasteiger partial charge on any atom is 0.311 e. The van der Waals surface area contributed by atoms with Gasteiger partial charge in [0, 0.05) is 6.07 Å². The predicted molar refractivity (Wildman–Crippen MR) is 88.0 cm³/mol. The first-order valence-electron chi connectivity index (χ1n) is 6.55. The summed E-state index contributed by atoms with van der Waals surface area (Å²) in [5.41, 5.74) is 2.44. The first-order chi connectivity index (χ1) is 10.5. The SMILES string of the molecule is Cc1ccc2sc(C=Cc3ccc(O)c([N+](=O)[O-])c3)nc2c1. The van der Waals surface area contributed by atoms with Gasteiger partial charge in [0.1, 0.15) is 5.01 Å². The molecular formula is C16H12N2O3S. The standard InChI is InChI=1S/C16H12N2O3S/c1-10-2-6-15-12(8-10)17-16(22-15)7-4-11-3-5-14(19)13(9-11)18(20)21/h2-9,19H,1H3. The van der Waals surface area contributed by atoms with Crippen molar-refractivity contribution in [3.63, 3.8) is 0 Å². The molecule has 0 saturated heterocycles. The molecule has 1 N–H and O–H groups in total. The topological polar surface area (TPSA) is 76.3 Å². The minimum absolute atomic E-state index is 0.304. The lowest BCUT2D eigenvalue weighted by atomic mass is 10.2. The average molecular weight is 312 g/mol. The zero-order chi connectivity index (χ0) is 15.7. The van der Waals surface area contributed by atoms with Crippen LogP contribution >= 0.6 is 11.3 Å². The number of benzene rings is 2. The van der Waals surface area contributed by atoms with E-state index in [2.05, 4.69) is 4.98 Å². The van der Waals surface area contributed by atoms with E-state index < -0.39 is 4.92 Å². The Morgan fingerprint density at radius 1 is 1.23 bits per heavy atom. The molecule has 6 heteroatoms. The summed E-state index contributed by atoms with van der Waals surface area (Å²) >= 11 is 1.56. The number of nitro benzene ring substituents is 1. The Labute approximate surface area is 130 Å². The lowest BCUT2D eigenvalue weighted by Crippen LogP contribution is -1.88. The summed E-state index contributed by atoms with van der Waals surface area (Å²) < 4.78 is 1.10. The Balaban J connectivity index is 1.92. The third-order valence-corrected chi connectivity index (χ3v) is 4.18. The van der Waals surface area contributed by atoms with Gasteiger partial charge in [-0.15, -0.1) is 11.3 Å². The van der Waals surface area contributed by atoms with E-state index >= 15 is 0 Å². The van der Waals surface area contributed by atoms with Crippen molar-refractivity contribution in [1.29, 1.82) is 0 Å². The van der Waals surface area contributed by atoms with Crippen molar-refractivity contribution < 1.29 is 10.0 Å². The summed E-state index contributed by atoms with van der Waals surface area (Å²) in [5.74, 6) is -0.336. The summed E-state index contributed by atoms with van der Waals surface area (Å²) in [6, 6.07) is 10.4. The maximum atomic E-state index is 10.8. The second-order valence-corrected chi connectivity index (χ2v) is 5.92. The second kappa shape index (κ2) is 5.57. The summed E-state index contributed by atoms with van der Waals surface area (Å²) in [4.78, 5) is 14.7. The number of aryl methyl sites for hydroxylation is 1. The van der Waals surface area contributed by atoms with Crippen LogP contribution in [0.2, 0.25) is 0 Å². The number of thiazole rings is 1. The molecule has 0 unspecified atom stereocenters. The lowest BCUT2D eigenvalue weighted by molar-refractivity contribution is -0.385. The Hall–Kier alpha value is -2.73. The van der Waals surface area contributed by atoms with Gasteiger partial charge < -0.3 is 5.11 Å². The van der Waals surface area contributed by atoms with Gasteiger partial charge in [0.2, 0.25) is 0 Å². The highest BCUT2D eigenvalue weighted by atomic mass is 32.1. The molecule has 0 aliphatic carbocycles. The van der Waals surface area contributed by atoms with Crippen LogP contribution in [0.1, 0.15) is 16.1 Å². The monoisotopic (exact) mass is 312 g/mol. The minimum Gasteiger partial charge on any atom is -0.502 e. The zero-order valence-corrected chi connectivity index (χ0v) is 12.5. The molecule has 0 atom stereocenters. The molecule has 0 amide bonds. The first-order valence-corrected chi connectivity index (χ1v) is 7.37. The number of aromatic nitrogens is 1. The molecule has 2 aromatic carbocycles. The van der Waals surface area contributed by atoms with Gasteiger partial charge in [-0.05, 0) is 42.3 Å². The molecule has 1 aromatic heterocycles. The fraction of sp³-hybridized carbons (Fsp3) is 0.0625. The van der Waals surface area contributed by atoms with Crippen molar-refractivity contribution in [1.82, 2.24) is 4.98 Å². The molecular weight excluding hydrogens is 300 g/mol. The van der Waals surface area contributed by atoms with Gasteiger partial charge in [0.25, 0.3) is 0 Å².